The number of hydrogen-bond donors (Lipinski definition) is 4. The van der Waals surface area contributed by atoms with Gasteiger partial charge in [-0.15, -0.1) is 24.7 Å². The van der Waals surface area contributed by atoms with Crippen LogP contribution in [0.4, 0.5) is 0 Å². The third-order valence-corrected chi connectivity index (χ3v) is 7.83. The molecule has 61 heavy (non-hydrogen) atoms. The van der Waals surface area contributed by atoms with E-state index >= 15 is 0 Å². The van der Waals surface area contributed by atoms with E-state index in [4.69, 9.17) is 31.8 Å². The maximum atomic E-state index is 12.4. The number of rotatable bonds is 30. The van der Waals surface area contributed by atoms with Gasteiger partial charge in [0.15, 0.2) is 0 Å². The molecule has 18 nitrogen and oxygen atoms in total. The van der Waals surface area contributed by atoms with Crippen LogP contribution >= 0.6 is 0 Å². The van der Waals surface area contributed by atoms with E-state index in [2.05, 4.69) is 33.1 Å². The van der Waals surface area contributed by atoms with Crippen LogP contribution in [-0.2, 0) is 57.3 Å². The molecule has 0 aromatic heterocycles. The summed E-state index contributed by atoms with van der Waals surface area (Å²) in [6.45, 7) is 1.59. The maximum absolute atomic E-state index is 12.4. The predicted octanol–water partition coefficient (Wildman–Crippen LogP) is 1.78. The third-order valence-electron chi connectivity index (χ3n) is 7.83. The molecule has 0 aliphatic carbocycles. The first-order chi connectivity index (χ1) is 26.5. The minimum absolute atomic E-state index is 0. The summed E-state index contributed by atoms with van der Waals surface area (Å²) in [7, 11) is 0. The average Bonchev–Trinajstić information content (AvgIpc) is 3.67. The zero-order valence-electron chi connectivity index (χ0n) is 30.9. The first kappa shape index (κ1) is 64.7. The van der Waals surface area contributed by atoms with E-state index in [1.807, 2.05) is 0 Å². The van der Waals surface area contributed by atoms with Crippen LogP contribution in [0.2, 0.25) is 0 Å². The summed E-state index contributed by atoms with van der Waals surface area (Å²) in [5.74, 6) is 1.78. The fourth-order valence-electron chi connectivity index (χ4n) is 4.89. The van der Waals surface area contributed by atoms with E-state index in [-0.39, 0.29) is 186 Å². The van der Waals surface area contributed by atoms with Crippen LogP contribution in [0.25, 0.3) is 0 Å². The van der Waals surface area contributed by atoms with Crippen molar-refractivity contribution in [3.63, 3.8) is 0 Å². The van der Waals surface area contributed by atoms with Crippen LogP contribution in [0.5, 0.6) is 0 Å². The summed E-state index contributed by atoms with van der Waals surface area (Å²) in [5.41, 5.74) is -0.842. The molecule has 4 N–H and O–H groups in total. The minimum Gasteiger partial charge on any atom is -0.380 e. The second-order valence-corrected chi connectivity index (χ2v) is 12.3. The normalized spacial score (nSPS) is 12.2. The second-order valence-electron chi connectivity index (χ2n) is 12.3. The van der Waals surface area contributed by atoms with Crippen LogP contribution in [0.3, 0.4) is 0 Å². The van der Waals surface area contributed by atoms with Crippen LogP contribution in [0, 0.1) is 30.1 Å². The smallest absolute Gasteiger partial charge is 0.253 e. The first-order valence-electron chi connectivity index (χ1n) is 17.8. The van der Waals surface area contributed by atoms with Crippen molar-refractivity contribution in [1.82, 2.24) is 31.1 Å². The number of imide groups is 2. The van der Waals surface area contributed by atoms with Crippen molar-refractivity contribution >= 4 is 47.3 Å². The fraction of sp³-hybridized carbons (Fsp3) is 0.628. The topological polar surface area (TPSA) is 228 Å². The van der Waals surface area contributed by atoms with Gasteiger partial charge in [-0.2, -0.15) is 0 Å². The summed E-state index contributed by atoms with van der Waals surface area (Å²) in [5, 5.41) is 10.6. The molecule has 0 fully saturated rings. The zero-order chi connectivity index (χ0) is 40.3. The van der Waals surface area contributed by atoms with E-state index in [1.54, 1.807) is 0 Å². The van der Waals surface area contributed by atoms with Crippen molar-refractivity contribution in [2.45, 2.75) is 83.1 Å². The van der Waals surface area contributed by atoms with Gasteiger partial charge in [0.05, 0.1) is 58.3 Å². The summed E-state index contributed by atoms with van der Waals surface area (Å²) < 4.78 is 23.4. The molecule has 0 saturated heterocycles. The van der Waals surface area contributed by atoms with Crippen molar-refractivity contribution in [1.29, 1.82) is 0 Å². The molecule has 0 bridgehead atoms. The molecule has 0 unspecified atom stereocenters. The average molecular weight is 867 g/mol. The van der Waals surface area contributed by atoms with Crippen LogP contribution < -0.4 is 21.3 Å². The predicted molar refractivity (Wildman–Crippen MR) is 235 cm³/mol. The van der Waals surface area contributed by atoms with Crippen molar-refractivity contribution in [2.24, 2.45) is 5.41 Å². The molecule has 2 aliphatic rings. The Morgan fingerprint density at radius 3 is 1.02 bits per heavy atom. The molecular weight excluding hydrogens is 793 g/mol. The Balaban J connectivity index is -0.00000174. The van der Waals surface area contributed by atoms with Gasteiger partial charge in [0.2, 0.25) is 23.6 Å². The summed E-state index contributed by atoms with van der Waals surface area (Å²) in [4.78, 5) is 97.1. The highest BCUT2D eigenvalue weighted by Gasteiger charge is 2.33. The Hall–Kier alpha value is -5.40. The molecular formula is C43H74N6O12. The van der Waals surface area contributed by atoms with Gasteiger partial charge in [-0.1, -0.05) is 44.6 Å². The summed E-state index contributed by atoms with van der Waals surface area (Å²) in [6.07, 6.45) is 16.0. The van der Waals surface area contributed by atoms with Gasteiger partial charge < -0.3 is 40.2 Å². The fourth-order valence-corrected chi connectivity index (χ4v) is 4.89. The summed E-state index contributed by atoms with van der Waals surface area (Å²) >= 11 is 0. The lowest BCUT2D eigenvalue weighted by Crippen LogP contribution is -2.42. The van der Waals surface area contributed by atoms with Crippen molar-refractivity contribution in [2.75, 3.05) is 92.1 Å². The Bertz CT molecular complexity index is 1350. The minimum atomic E-state index is -0.842. The molecule has 2 rings (SSSR count). The van der Waals surface area contributed by atoms with Gasteiger partial charge in [-0.3, -0.25) is 48.2 Å². The highest BCUT2D eigenvalue weighted by atomic mass is 16.5. The highest BCUT2D eigenvalue weighted by molar-refractivity contribution is 6.13. The number of terminal acetylenes is 2. The van der Waals surface area contributed by atoms with Crippen LogP contribution in [0.1, 0.15) is 83.1 Å². The number of nitrogens with one attached hydrogen (secondary N) is 4. The van der Waals surface area contributed by atoms with Gasteiger partial charge in [0.25, 0.3) is 23.6 Å². The molecule has 348 valence electrons. The van der Waals surface area contributed by atoms with Crippen molar-refractivity contribution < 1.29 is 57.3 Å². The summed E-state index contributed by atoms with van der Waals surface area (Å²) in [6, 6.07) is 0. The monoisotopic (exact) mass is 867 g/mol. The standard InChI is InChI=1S/C37H50N6O12.6CH4/c1-3-5-21-52-25-37(26-53-22-6-4-2,27-54-23-13-31(46)40-17-15-38-29(44)11-19-42-33(48)7-8-34(42)49)28-55-24-14-32(47)41-18-16-39-30(45)12-20-43-35(50)9-10-36(43)51;;;;;;/h1-2,7-10H,5-6,11-28H2,(H,38,44)(H,39,45)(H,40,46)(H,41,47);6*1H4. The molecule has 0 spiro atoms. The molecule has 2 aliphatic heterocycles. The molecule has 0 aromatic carbocycles. The molecule has 8 amide bonds. The maximum Gasteiger partial charge on any atom is 0.253 e. The highest BCUT2D eigenvalue weighted by Crippen LogP contribution is 2.21. The molecule has 18 heteroatoms. The van der Waals surface area contributed by atoms with E-state index in [1.165, 1.54) is 0 Å². The van der Waals surface area contributed by atoms with Gasteiger partial charge in [0, 0.05) is 102 Å². The van der Waals surface area contributed by atoms with E-state index < -0.39 is 29.0 Å². The first-order valence-corrected chi connectivity index (χ1v) is 17.8. The third kappa shape index (κ3) is 27.1. The van der Waals surface area contributed by atoms with Gasteiger partial charge in [0.1, 0.15) is 0 Å². The van der Waals surface area contributed by atoms with Gasteiger partial charge in [-0.25, -0.2) is 0 Å². The van der Waals surface area contributed by atoms with Crippen molar-refractivity contribution in [3.8, 4) is 24.7 Å². The van der Waals surface area contributed by atoms with E-state index in [0.717, 1.165) is 34.1 Å². The molecule has 0 aromatic rings. The number of carbonyl (C=O) groups is 8. The number of amides is 8. The molecule has 2 heterocycles. The quantitative estimate of drug-likeness (QED) is 0.0461. The van der Waals surface area contributed by atoms with E-state index in [0.29, 0.717) is 12.8 Å². The van der Waals surface area contributed by atoms with Gasteiger partial charge >= 0.3 is 0 Å². The number of hydrogen-bond acceptors (Lipinski definition) is 12. The Morgan fingerprint density at radius 2 is 0.738 bits per heavy atom. The lowest BCUT2D eigenvalue weighted by atomic mass is 9.92. The lowest BCUT2D eigenvalue weighted by molar-refractivity contribution is -0.139. The van der Waals surface area contributed by atoms with E-state index in [9.17, 15) is 38.4 Å². The lowest BCUT2D eigenvalue weighted by Gasteiger charge is -2.33. The molecule has 0 atom stereocenters. The molecule has 0 saturated carbocycles. The number of ether oxygens (including phenoxy) is 4. The van der Waals surface area contributed by atoms with Crippen molar-refractivity contribution in [3.05, 3.63) is 24.3 Å². The van der Waals surface area contributed by atoms with Gasteiger partial charge in [-0.05, 0) is 0 Å². The second kappa shape index (κ2) is 37.6. The Morgan fingerprint density at radius 1 is 0.475 bits per heavy atom. The van der Waals surface area contributed by atoms with Crippen LogP contribution in [-0.4, -0.2) is 149 Å². The Kier molecular flexibility index (Phi) is 39.9. The number of nitrogens with zero attached hydrogens (tertiary/aromatic N) is 2. The zero-order valence-corrected chi connectivity index (χ0v) is 30.9. The van der Waals surface area contributed by atoms with Crippen LogP contribution in [0.15, 0.2) is 24.3 Å². The number of carbonyl (C=O) groups excluding carboxylic acids is 8. The molecule has 0 radical (unpaired) electrons. The largest absolute Gasteiger partial charge is 0.380 e. The SMILES string of the molecule is C.C.C.C.C.C.C#CCCOCC(COCCC#C)(COCCC(=O)NCCNC(=O)CCN1C(=O)C=CC1=O)COCCC(=O)NCCNC(=O)CCN1C(=O)C=CC1=O. The Labute approximate surface area is 364 Å².